The molecule has 2 aromatic carbocycles. The average Bonchev–Trinajstić information content (AvgIpc) is 3.34. The van der Waals surface area contributed by atoms with Crippen molar-refractivity contribution in [1.82, 2.24) is 4.31 Å². The predicted octanol–water partition coefficient (Wildman–Crippen LogP) is 3.38. The van der Waals surface area contributed by atoms with Crippen molar-refractivity contribution in [1.29, 1.82) is 0 Å². The molecule has 4 rings (SSSR count). The molecule has 1 amide bonds. The van der Waals surface area contributed by atoms with Gasteiger partial charge >= 0.3 is 0 Å². The molecule has 1 fully saturated rings. The van der Waals surface area contributed by atoms with Crippen molar-refractivity contribution >= 4 is 21.6 Å². The molecule has 6 heteroatoms. The van der Waals surface area contributed by atoms with E-state index in [1.54, 1.807) is 16.4 Å². The van der Waals surface area contributed by atoms with Crippen molar-refractivity contribution in [3.8, 4) is 0 Å². The largest absolute Gasteiger partial charge is 0.309 e. The Hall–Kier alpha value is -2.18. The highest BCUT2D eigenvalue weighted by atomic mass is 32.2. The Morgan fingerprint density at radius 3 is 2.43 bits per heavy atom. The molecule has 2 aromatic rings. The number of sulfonamides is 1. The van der Waals surface area contributed by atoms with Crippen LogP contribution in [0.3, 0.4) is 0 Å². The molecule has 0 bridgehead atoms. The van der Waals surface area contributed by atoms with Crippen LogP contribution in [-0.2, 0) is 27.7 Å². The number of amides is 1. The first kappa shape index (κ1) is 19.2. The van der Waals surface area contributed by atoms with Gasteiger partial charge in [0, 0.05) is 31.2 Å². The van der Waals surface area contributed by atoms with Gasteiger partial charge in [0.1, 0.15) is 0 Å². The zero-order valence-corrected chi connectivity index (χ0v) is 17.0. The van der Waals surface area contributed by atoms with Crippen molar-refractivity contribution in [2.45, 2.75) is 50.0 Å². The van der Waals surface area contributed by atoms with Crippen LogP contribution in [-0.4, -0.2) is 37.8 Å². The molecule has 2 aliphatic heterocycles. The van der Waals surface area contributed by atoms with Gasteiger partial charge in [-0.3, -0.25) is 4.79 Å². The molecule has 0 aliphatic carbocycles. The molecule has 2 heterocycles. The number of carbonyl (C=O) groups excluding carboxylic acids is 1. The van der Waals surface area contributed by atoms with Crippen LogP contribution in [0.2, 0.25) is 0 Å². The number of benzene rings is 2. The predicted molar refractivity (Wildman–Crippen MR) is 110 cm³/mol. The monoisotopic (exact) mass is 398 g/mol. The molecule has 0 spiro atoms. The van der Waals surface area contributed by atoms with Gasteiger partial charge in [0.05, 0.1) is 4.90 Å². The van der Waals surface area contributed by atoms with Crippen LogP contribution in [0.25, 0.3) is 0 Å². The molecular weight excluding hydrogens is 372 g/mol. The first-order chi connectivity index (χ1) is 13.5. The molecule has 0 N–H and O–H groups in total. The second-order valence-electron chi connectivity index (χ2n) is 7.70. The summed E-state index contributed by atoms with van der Waals surface area (Å²) in [4.78, 5) is 15.1. The average molecular weight is 399 g/mol. The second kappa shape index (κ2) is 7.68. The molecule has 28 heavy (non-hydrogen) atoms. The third-order valence-electron chi connectivity index (χ3n) is 5.73. The summed E-state index contributed by atoms with van der Waals surface area (Å²) in [7, 11) is -3.38. The molecular formula is C22H26N2O3S. The van der Waals surface area contributed by atoms with Crippen LogP contribution < -0.4 is 4.90 Å². The molecule has 1 unspecified atom stereocenters. The van der Waals surface area contributed by atoms with Crippen LogP contribution in [0.1, 0.15) is 37.3 Å². The standard InChI is InChI=1S/C22H26N2O3S/c1-17-16-19-6-2-3-7-21(19)24(17)22(25)13-10-18-8-11-20(12-9-18)28(26,27)23-14-4-5-15-23/h2-3,6-9,11-12,17H,4-5,10,13-16H2,1H3. The molecule has 148 valence electrons. The third-order valence-corrected chi connectivity index (χ3v) is 7.64. The summed E-state index contributed by atoms with van der Waals surface area (Å²) < 4.78 is 26.8. The van der Waals surface area contributed by atoms with Gasteiger partial charge in [-0.25, -0.2) is 8.42 Å². The van der Waals surface area contributed by atoms with Gasteiger partial charge in [0.2, 0.25) is 15.9 Å². The van der Waals surface area contributed by atoms with Crippen molar-refractivity contribution in [3.05, 3.63) is 59.7 Å². The molecule has 1 atom stereocenters. The van der Waals surface area contributed by atoms with Gasteiger partial charge in [0.25, 0.3) is 0 Å². The molecule has 2 aliphatic rings. The Labute approximate surface area is 167 Å². The maximum atomic E-state index is 12.8. The SMILES string of the molecule is CC1Cc2ccccc2N1C(=O)CCc1ccc(S(=O)(=O)N2CCCC2)cc1. The lowest BCUT2D eigenvalue weighted by atomic mass is 10.1. The van der Waals surface area contributed by atoms with Crippen LogP contribution in [0, 0.1) is 0 Å². The lowest BCUT2D eigenvalue weighted by Gasteiger charge is -2.22. The topological polar surface area (TPSA) is 57.7 Å². The smallest absolute Gasteiger partial charge is 0.243 e. The number of para-hydroxylation sites is 1. The Morgan fingerprint density at radius 2 is 1.71 bits per heavy atom. The van der Waals surface area contributed by atoms with Crippen LogP contribution in [0.15, 0.2) is 53.4 Å². The first-order valence-corrected chi connectivity index (χ1v) is 11.4. The summed E-state index contributed by atoms with van der Waals surface area (Å²) in [6.07, 6.45) is 3.77. The number of hydrogen-bond acceptors (Lipinski definition) is 3. The summed E-state index contributed by atoms with van der Waals surface area (Å²) in [6.45, 7) is 3.29. The highest BCUT2D eigenvalue weighted by molar-refractivity contribution is 7.89. The lowest BCUT2D eigenvalue weighted by molar-refractivity contribution is -0.118. The molecule has 5 nitrogen and oxygen atoms in total. The van der Waals surface area contributed by atoms with Gasteiger partial charge in [-0.1, -0.05) is 30.3 Å². The highest BCUT2D eigenvalue weighted by Crippen LogP contribution is 2.32. The number of hydrogen-bond donors (Lipinski definition) is 0. The van der Waals surface area contributed by atoms with Gasteiger partial charge in [-0.05, 0) is 61.9 Å². The molecule has 0 saturated carbocycles. The van der Waals surface area contributed by atoms with Gasteiger partial charge in [-0.2, -0.15) is 4.31 Å². The summed E-state index contributed by atoms with van der Waals surface area (Å²) in [5.74, 6) is 0.117. The fraction of sp³-hybridized carbons (Fsp3) is 0.409. The molecule has 0 aromatic heterocycles. The molecule has 0 radical (unpaired) electrons. The van der Waals surface area contributed by atoms with Crippen molar-refractivity contribution in [3.63, 3.8) is 0 Å². The van der Waals surface area contributed by atoms with Gasteiger partial charge in [-0.15, -0.1) is 0 Å². The van der Waals surface area contributed by atoms with Crippen LogP contribution >= 0.6 is 0 Å². The maximum Gasteiger partial charge on any atom is 0.243 e. The summed E-state index contributed by atoms with van der Waals surface area (Å²) >= 11 is 0. The van der Waals surface area contributed by atoms with E-state index in [1.807, 2.05) is 35.2 Å². The Bertz CT molecular complexity index is 964. The Balaban J connectivity index is 1.41. The fourth-order valence-electron chi connectivity index (χ4n) is 4.22. The number of rotatable bonds is 5. The second-order valence-corrected chi connectivity index (χ2v) is 9.64. The van der Waals surface area contributed by atoms with E-state index in [9.17, 15) is 13.2 Å². The van der Waals surface area contributed by atoms with Crippen molar-refractivity contribution < 1.29 is 13.2 Å². The van der Waals surface area contributed by atoms with E-state index in [1.165, 1.54) is 5.56 Å². The van der Waals surface area contributed by atoms with E-state index < -0.39 is 10.0 Å². The Morgan fingerprint density at radius 1 is 1.04 bits per heavy atom. The minimum atomic E-state index is -3.38. The fourth-order valence-corrected chi connectivity index (χ4v) is 5.74. The number of aryl methyl sites for hydroxylation is 1. The van der Waals surface area contributed by atoms with E-state index in [0.717, 1.165) is 30.5 Å². The minimum Gasteiger partial charge on any atom is -0.309 e. The zero-order chi connectivity index (χ0) is 19.7. The first-order valence-electron chi connectivity index (χ1n) is 9.96. The van der Waals surface area contributed by atoms with Crippen molar-refractivity contribution in [2.24, 2.45) is 0 Å². The van der Waals surface area contributed by atoms with Gasteiger partial charge < -0.3 is 4.90 Å². The number of anilines is 1. The third kappa shape index (κ3) is 3.59. The lowest BCUT2D eigenvalue weighted by Crippen LogP contribution is -2.35. The number of nitrogens with zero attached hydrogens (tertiary/aromatic N) is 2. The zero-order valence-electron chi connectivity index (χ0n) is 16.2. The van der Waals surface area contributed by atoms with E-state index in [0.29, 0.717) is 30.8 Å². The van der Waals surface area contributed by atoms with Crippen LogP contribution in [0.4, 0.5) is 5.69 Å². The summed E-state index contributed by atoms with van der Waals surface area (Å²) in [5.41, 5.74) is 3.22. The van der Waals surface area contributed by atoms with Crippen molar-refractivity contribution in [2.75, 3.05) is 18.0 Å². The van der Waals surface area contributed by atoms with E-state index in [2.05, 4.69) is 13.0 Å². The molecule has 1 saturated heterocycles. The maximum absolute atomic E-state index is 12.8. The van der Waals surface area contributed by atoms with E-state index in [4.69, 9.17) is 0 Å². The van der Waals surface area contributed by atoms with E-state index in [-0.39, 0.29) is 11.9 Å². The van der Waals surface area contributed by atoms with Crippen LogP contribution in [0.5, 0.6) is 0 Å². The van der Waals surface area contributed by atoms with E-state index >= 15 is 0 Å². The normalized spacial score (nSPS) is 19.8. The number of fused-ring (bicyclic) bond motifs is 1. The van der Waals surface area contributed by atoms with Gasteiger partial charge in [0.15, 0.2) is 0 Å². The summed E-state index contributed by atoms with van der Waals surface area (Å²) in [6, 6.07) is 15.2. The highest BCUT2D eigenvalue weighted by Gasteiger charge is 2.30. The summed E-state index contributed by atoms with van der Waals surface area (Å²) in [5, 5.41) is 0. The Kier molecular flexibility index (Phi) is 5.25. The quantitative estimate of drug-likeness (QED) is 0.776. The number of carbonyl (C=O) groups is 1. The minimum absolute atomic E-state index is 0.117.